The summed E-state index contributed by atoms with van der Waals surface area (Å²) in [5.41, 5.74) is 6.72. The van der Waals surface area contributed by atoms with Gasteiger partial charge in [0.2, 0.25) is 0 Å². The van der Waals surface area contributed by atoms with Crippen molar-refractivity contribution < 1.29 is 4.42 Å². The Kier molecular flexibility index (Phi) is 2.98. The van der Waals surface area contributed by atoms with E-state index in [1.807, 2.05) is 24.3 Å². The van der Waals surface area contributed by atoms with Crippen LogP contribution in [0.4, 0.5) is 0 Å². The fraction of sp³-hybridized carbons (Fsp3) is 0.333. The highest BCUT2D eigenvalue weighted by Gasteiger charge is 2.12. The second-order valence-electron chi connectivity index (χ2n) is 3.70. The molecule has 0 aliphatic heterocycles. The van der Waals surface area contributed by atoms with Gasteiger partial charge in [0.05, 0.1) is 11.1 Å². The summed E-state index contributed by atoms with van der Waals surface area (Å²) in [7, 11) is 0. The Morgan fingerprint density at radius 2 is 2.27 bits per heavy atom. The molecule has 0 spiro atoms. The number of para-hydroxylation sites is 1. The first kappa shape index (κ1) is 10.5. The average Bonchev–Trinajstić information content (AvgIpc) is 2.63. The minimum atomic E-state index is -0.0292. The fourth-order valence-corrected chi connectivity index (χ4v) is 1.90. The lowest BCUT2D eigenvalue weighted by molar-refractivity contribution is 0.475. The van der Waals surface area contributed by atoms with Gasteiger partial charge in [0.15, 0.2) is 5.58 Å². The van der Waals surface area contributed by atoms with E-state index in [4.69, 9.17) is 21.8 Å². The molecule has 0 saturated heterocycles. The maximum absolute atomic E-state index is 6.02. The van der Waals surface area contributed by atoms with E-state index in [2.05, 4.69) is 6.92 Å². The molecule has 15 heavy (non-hydrogen) atoms. The van der Waals surface area contributed by atoms with Crippen LogP contribution in [0.25, 0.3) is 11.0 Å². The number of hydrogen-bond acceptors (Lipinski definition) is 2. The summed E-state index contributed by atoms with van der Waals surface area (Å²) in [6, 6.07) is 7.66. The van der Waals surface area contributed by atoms with Crippen molar-refractivity contribution in [3.8, 4) is 0 Å². The Morgan fingerprint density at radius 3 is 2.93 bits per heavy atom. The molecule has 1 aromatic heterocycles. The lowest BCUT2D eigenvalue weighted by Crippen LogP contribution is -2.08. The normalized spacial score (nSPS) is 13.3. The molecule has 0 aliphatic rings. The molecule has 0 bridgehead atoms. The third kappa shape index (κ3) is 2.01. The molecule has 1 atom stereocenters. The van der Waals surface area contributed by atoms with Crippen LogP contribution in [0, 0.1) is 0 Å². The summed E-state index contributed by atoms with van der Waals surface area (Å²) in [5, 5.41) is 1.66. The summed E-state index contributed by atoms with van der Waals surface area (Å²) in [4.78, 5) is 0. The van der Waals surface area contributed by atoms with E-state index in [0.717, 1.165) is 29.6 Å². The monoisotopic (exact) mass is 223 g/mol. The Hall–Kier alpha value is -0.990. The Morgan fingerprint density at radius 1 is 1.47 bits per heavy atom. The quantitative estimate of drug-likeness (QED) is 0.858. The lowest BCUT2D eigenvalue weighted by atomic mass is 10.1. The van der Waals surface area contributed by atoms with Gasteiger partial charge in [-0.15, -0.1) is 0 Å². The molecule has 2 nitrogen and oxygen atoms in total. The summed E-state index contributed by atoms with van der Waals surface area (Å²) < 4.78 is 5.66. The first-order valence-corrected chi connectivity index (χ1v) is 5.53. The first-order valence-electron chi connectivity index (χ1n) is 5.16. The average molecular weight is 224 g/mol. The minimum absolute atomic E-state index is 0.0292. The highest BCUT2D eigenvalue weighted by molar-refractivity contribution is 6.34. The van der Waals surface area contributed by atoms with E-state index in [0.29, 0.717) is 5.02 Å². The standard InChI is InChI=1S/C12H14ClNO/c1-2-4-10(14)11-7-8-5-3-6-9(13)12(8)15-11/h3,5-7,10H,2,4,14H2,1H3/t10-/m0/s1. The molecule has 0 aliphatic carbocycles. The Balaban J connectivity index is 2.43. The van der Waals surface area contributed by atoms with E-state index in [1.54, 1.807) is 0 Å². The molecule has 1 heterocycles. The summed E-state index contributed by atoms with van der Waals surface area (Å²) in [6.45, 7) is 2.11. The van der Waals surface area contributed by atoms with Crippen LogP contribution in [-0.2, 0) is 0 Å². The molecule has 0 amide bonds. The molecule has 3 heteroatoms. The fourth-order valence-electron chi connectivity index (χ4n) is 1.68. The molecule has 1 aromatic carbocycles. The van der Waals surface area contributed by atoms with E-state index < -0.39 is 0 Å². The molecule has 0 unspecified atom stereocenters. The second kappa shape index (κ2) is 4.25. The van der Waals surface area contributed by atoms with Gasteiger partial charge in [-0.05, 0) is 18.6 Å². The predicted molar refractivity (Wildman–Crippen MR) is 63.1 cm³/mol. The highest BCUT2D eigenvalue weighted by atomic mass is 35.5. The lowest BCUT2D eigenvalue weighted by Gasteiger charge is -2.04. The van der Waals surface area contributed by atoms with Gasteiger partial charge in [0, 0.05) is 5.39 Å². The molecular formula is C12H14ClNO. The number of fused-ring (bicyclic) bond motifs is 1. The van der Waals surface area contributed by atoms with E-state index in [1.165, 1.54) is 0 Å². The molecule has 0 radical (unpaired) electrons. The van der Waals surface area contributed by atoms with Gasteiger partial charge >= 0.3 is 0 Å². The first-order chi connectivity index (χ1) is 7.22. The van der Waals surface area contributed by atoms with Crippen molar-refractivity contribution in [3.05, 3.63) is 35.0 Å². The van der Waals surface area contributed by atoms with Crippen LogP contribution in [0.2, 0.25) is 5.02 Å². The van der Waals surface area contributed by atoms with Crippen molar-refractivity contribution in [2.45, 2.75) is 25.8 Å². The molecule has 0 saturated carbocycles. The van der Waals surface area contributed by atoms with Crippen molar-refractivity contribution in [1.82, 2.24) is 0 Å². The smallest absolute Gasteiger partial charge is 0.152 e. The highest BCUT2D eigenvalue weighted by Crippen LogP contribution is 2.29. The summed E-state index contributed by atoms with van der Waals surface area (Å²) >= 11 is 6.02. The van der Waals surface area contributed by atoms with Gasteiger partial charge in [-0.1, -0.05) is 37.1 Å². The van der Waals surface area contributed by atoms with Gasteiger partial charge in [-0.2, -0.15) is 0 Å². The van der Waals surface area contributed by atoms with E-state index >= 15 is 0 Å². The third-order valence-electron chi connectivity index (χ3n) is 2.48. The zero-order valence-electron chi connectivity index (χ0n) is 8.66. The zero-order valence-corrected chi connectivity index (χ0v) is 9.42. The minimum Gasteiger partial charge on any atom is -0.458 e. The molecule has 0 fully saturated rings. The number of furan rings is 1. The molecule has 80 valence electrons. The Bertz CT molecular complexity index is 464. The zero-order chi connectivity index (χ0) is 10.8. The maximum Gasteiger partial charge on any atom is 0.152 e. The van der Waals surface area contributed by atoms with Crippen LogP contribution in [0.15, 0.2) is 28.7 Å². The van der Waals surface area contributed by atoms with Crippen LogP contribution < -0.4 is 5.73 Å². The van der Waals surface area contributed by atoms with Gasteiger partial charge in [-0.25, -0.2) is 0 Å². The molecular weight excluding hydrogens is 210 g/mol. The topological polar surface area (TPSA) is 39.2 Å². The number of hydrogen-bond donors (Lipinski definition) is 1. The summed E-state index contributed by atoms with van der Waals surface area (Å²) in [6.07, 6.45) is 1.98. The molecule has 2 rings (SSSR count). The van der Waals surface area contributed by atoms with Crippen molar-refractivity contribution >= 4 is 22.6 Å². The number of benzene rings is 1. The summed E-state index contributed by atoms with van der Waals surface area (Å²) in [5.74, 6) is 0.819. The van der Waals surface area contributed by atoms with Crippen LogP contribution in [0.5, 0.6) is 0 Å². The number of halogens is 1. The largest absolute Gasteiger partial charge is 0.458 e. The van der Waals surface area contributed by atoms with Crippen molar-refractivity contribution in [2.24, 2.45) is 5.73 Å². The van der Waals surface area contributed by atoms with Crippen LogP contribution in [0.3, 0.4) is 0 Å². The van der Waals surface area contributed by atoms with Gasteiger partial charge in [-0.3, -0.25) is 0 Å². The maximum atomic E-state index is 6.02. The van der Waals surface area contributed by atoms with Crippen LogP contribution in [-0.4, -0.2) is 0 Å². The number of rotatable bonds is 3. The van der Waals surface area contributed by atoms with E-state index in [-0.39, 0.29) is 6.04 Å². The number of nitrogens with two attached hydrogens (primary N) is 1. The van der Waals surface area contributed by atoms with Crippen LogP contribution in [0.1, 0.15) is 31.6 Å². The SMILES string of the molecule is CCC[C@H](N)c1cc2cccc(Cl)c2o1. The van der Waals surface area contributed by atoms with Gasteiger partial charge in [0.25, 0.3) is 0 Å². The van der Waals surface area contributed by atoms with E-state index in [9.17, 15) is 0 Å². The van der Waals surface area contributed by atoms with Gasteiger partial charge < -0.3 is 10.2 Å². The molecule has 2 aromatic rings. The predicted octanol–water partition coefficient (Wildman–Crippen LogP) is 3.89. The van der Waals surface area contributed by atoms with Crippen molar-refractivity contribution in [3.63, 3.8) is 0 Å². The van der Waals surface area contributed by atoms with Crippen LogP contribution >= 0.6 is 11.6 Å². The molecule has 2 N–H and O–H groups in total. The van der Waals surface area contributed by atoms with Crippen molar-refractivity contribution in [2.75, 3.05) is 0 Å². The third-order valence-corrected chi connectivity index (χ3v) is 2.78. The van der Waals surface area contributed by atoms with Gasteiger partial charge in [0.1, 0.15) is 5.76 Å². The van der Waals surface area contributed by atoms with Crippen molar-refractivity contribution in [1.29, 1.82) is 0 Å². The second-order valence-corrected chi connectivity index (χ2v) is 4.11. The Labute approximate surface area is 94.0 Å².